The van der Waals surface area contributed by atoms with Crippen LogP contribution >= 0.6 is 0 Å². The molecule has 0 unspecified atom stereocenters. The molecular weight excluding hydrogens is 162 g/mol. The molecule has 0 saturated heterocycles. The molecule has 0 spiro atoms. The van der Waals surface area contributed by atoms with Gasteiger partial charge in [0.15, 0.2) is 5.82 Å². The molecule has 0 aliphatic carbocycles. The van der Waals surface area contributed by atoms with E-state index in [2.05, 4.69) is 4.65 Å². The van der Waals surface area contributed by atoms with E-state index in [-0.39, 0.29) is 5.75 Å². The summed E-state index contributed by atoms with van der Waals surface area (Å²) >= 11 is 0. The first-order chi connectivity index (χ1) is 5.59. The summed E-state index contributed by atoms with van der Waals surface area (Å²) in [7, 11) is -1.98. The lowest BCUT2D eigenvalue weighted by molar-refractivity contribution is 0.281. The maximum Gasteiger partial charge on any atom is 0.707 e. The highest BCUT2D eigenvalue weighted by Gasteiger charge is 2.14. The second-order valence-electron chi connectivity index (χ2n) is 2.38. The summed E-state index contributed by atoms with van der Waals surface area (Å²) in [6, 6.07) is 4.15. The average molecular weight is 170 g/mol. The van der Waals surface area contributed by atoms with Gasteiger partial charge >= 0.3 is 7.32 Å². The monoisotopic (exact) mass is 170 g/mol. The highest BCUT2D eigenvalue weighted by Crippen LogP contribution is 2.18. The SMILES string of the molecule is Cc1ccc(F)c(OB(O)O)c1. The minimum absolute atomic E-state index is 0.162. The van der Waals surface area contributed by atoms with Crippen LogP contribution in [0.1, 0.15) is 5.56 Å². The number of halogens is 1. The van der Waals surface area contributed by atoms with Gasteiger partial charge in [-0.25, -0.2) is 4.39 Å². The highest BCUT2D eigenvalue weighted by atomic mass is 19.1. The third-order valence-corrected chi connectivity index (χ3v) is 1.32. The summed E-state index contributed by atoms with van der Waals surface area (Å²) in [6.07, 6.45) is 0. The molecule has 2 N–H and O–H groups in total. The first kappa shape index (κ1) is 9.03. The van der Waals surface area contributed by atoms with Crippen LogP contribution in [0, 0.1) is 12.7 Å². The van der Waals surface area contributed by atoms with Gasteiger partial charge in [0.25, 0.3) is 0 Å². The van der Waals surface area contributed by atoms with E-state index in [0.29, 0.717) is 0 Å². The van der Waals surface area contributed by atoms with E-state index in [1.165, 1.54) is 12.1 Å². The molecule has 1 aromatic carbocycles. The van der Waals surface area contributed by atoms with Crippen molar-refractivity contribution < 1.29 is 19.1 Å². The Bertz CT molecular complexity index is 277. The summed E-state index contributed by atoms with van der Waals surface area (Å²) in [6.45, 7) is 1.75. The molecule has 5 heteroatoms. The van der Waals surface area contributed by atoms with Gasteiger partial charge in [-0.15, -0.1) is 0 Å². The first-order valence-corrected chi connectivity index (χ1v) is 3.38. The number of rotatable bonds is 2. The first-order valence-electron chi connectivity index (χ1n) is 3.38. The third-order valence-electron chi connectivity index (χ3n) is 1.32. The molecule has 3 nitrogen and oxygen atoms in total. The largest absolute Gasteiger partial charge is 0.707 e. The van der Waals surface area contributed by atoms with Crippen LogP contribution in [-0.4, -0.2) is 17.4 Å². The van der Waals surface area contributed by atoms with Gasteiger partial charge in [-0.3, -0.25) is 0 Å². The number of hydrogen-bond donors (Lipinski definition) is 2. The van der Waals surface area contributed by atoms with Gasteiger partial charge in [0, 0.05) is 0 Å². The van der Waals surface area contributed by atoms with E-state index in [4.69, 9.17) is 10.0 Å². The zero-order valence-electron chi connectivity index (χ0n) is 6.49. The van der Waals surface area contributed by atoms with E-state index >= 15 is 0 Å². The smallest absolute Gasteiger partial charge is 0.510 e. The van der Waals surface area contributed by atoms with Crippen molar-refractivity contribution in [1.29, 1.82) is 0 Å². The lowest BCUT2D eigenvalue weighted by Gasteiger charge is -2.05. The van der Waals surface area contributed by atoms with Crippen LogP contribution in [0.25, 0.3) is 0 Å². The molecule has 0 atom stereocenters. The topological polar surface area (TPSA) is 49.7 Å². The van der Waals surface area contributed by atoms with Crippen LogP contribution in [0.3, 0.4) is 0 Å². The lowest BCUT2D eigenvalue weighted by atomic mass is 10.2. The molecule has 12 heavy (non-hydrogen) atoms. The van der Waals surface area contributed by atoms with Gasteiger partial charge in [0.1, 0.15) is 5.75 Å². The van der Waals surface area contributed by atoms with Gasteiger partial charge in [-0.05, 0) is 24.6 Å². The standard InChI is InChI=1S/C7H8BFO3/c1-5-2-3-6(9)7(4-5)12-8(10)11/h2-4,10-11H,1H3. The van der Waals surface area contributed by atoms with Crippen LogP contribution in [0.4, 0.5) is 4.39 Å². The molecule has 0 heterocycles. The van der Waals surface area contributed by atoms with Crippen LogP contribution < -0.4 is 4.65 Å². The third kappa shape index (κ3) is 2.22. The number of hydrogen-bond acceptors (Lipinski definition) is 3. The maximum absolute atomic E-state index is 12.8. The van der Waals surface area contributed by atoms with Crippen molar-refractivity contribution in [2.45, 2.75) is 6.92 Å². The molecule has 0 bridgehead atoms. The van der Waals surface area contributed by atoms with Crippen molar-refractivity contribution in [2.75, 3.05) is 0 Å². The molecule has 0 aliphatic heterocycles. The quantitative estimate of drug-likeness (QED) is 0.634. The number of benzene rings is 1. The van der Waals surface area contributed by atoms with Crippen molar-refractivity contribution in [3.05, 3.63) is 29.6 Å². The van der Waals surface area contributed by atoms with Crippen LogP contribution in [0.2, 0.25) is 0 Å². The van der Waals surface area contributed by atoms with Crippen molar-refractivity contribution in [1.82, 2.24) is 0 Å². The van der Waals surface area contributed by atoms with Gasteiger partial charge in [0.05, 0.1) is 0 Å². The summed E-state index contributed by atoms with van der Waals surface area (Å²) in [4.78, 5) is 0. The molecule has 0 saturated carbocycles. The van der Waals surface area contributed by atoms with Crippen molar-refractivity contribution >= 4 is 7.32 Å². The van der Waals surface area contributed by atoms with Gasteiger partial charge in [-0.2, -0.15) is 0 Å². The van der Waals surface area contributed by atoms with E-state index in [9.17, 15) is 4.39 Å². The van der Waals surface area contributed by atoms with Gasteiger partial charge < -0.3 is 14.7 Å². The normalized spacial score (nSPS) is 9.67. The molecule has 0 amide bonds. The van der Waals surface area contributed by atoms with Crippen LogP contribution in [-0.2, 0) is 0 Å². The van der Waals surface area contributed by atoms with Gasteiger partial charge in [0.2, 0.25) is 0 Å². The summed E-state index contributed by atoms with van der Waals surface area (Å²) in [5, 5.41) is 16.8. The zero-order valence-corrected chi connectivity index (χ0v) is 6.49. The predicted octanol–water partition coefficient (Wildman–Crippen LogP) is 0.482. The second kappa shape index (κ2) is 3.56. The Morgan fingerprint density at radius 1 is 1.42 bits per heavy atom. The minimum atomic E-state index is -1.98. The Kier molecular flexibility index (Phi) is 2.67. The molecule has 1 aromatic rings. The minimum Gasteiger partial charge on any atom is -0.510 e. The Morgan fingerprint density at radius 3 is 2.67 bits per heavy atom. The average Bonchev–Trinajstić information content (AvgIpc) is 1.96. The maximum atomic E-state index is 12.8. The molecule has 0 aromatic heterocycles. The second-order valence-corrected chi connectivity index (χ2v) is 2.38. The summed E-state index contributed by atoms with van der Waals surface area (Å²) < 4.78 is 17.1. The van der Waals surface area contributed by atoms with Crippen molar-refractivity contribution in [2.24, 2.45) is 0 Å². The Labute approximate surface area is 69.6 Å². The molecular formula is C7H8BFO3. The Balaban J connectivity index is 2.90. The predicted molar refractivity (Wildman–Crippen MR) is 42.0 cm³/mol. The summed E-state index contributed by atoms with van der Waals surface area (Å²) in [5.41, 5.74) is 0.784. The Hall–Kier alpha value is -1.07. The summed E-state index contributed by atoms with van der Waals surface area (Å²) in [5.74, 6) is -0.779. The fourth-order valence-electron chi connectivity index (χ4n) is 0.814. The van der Waals surface area contributed by atoms with Crippen molar-refractivity contribution in [3.8, 4) is 5.75 Å². The fourth-order valence-corrected chi connectivity index (χ4v) is 0.814. The number of aryl methyl sites for hydroxylation is 1. The molecule has 0 aliphatic rings. The molecule has 0 fully saturated rings. The van der Waals surface area contributed by atoms with E-state index in [0.717, 1.165) is 5.56 Å². The van der Waals surface area contributed by atoms with E-state index < -0.39 is 13.1 Å². The molecule has 1 rings (SSSR count). The van der Waals surface area contributed by atoms with E-state index in [1.807, 2.05) is 0 Å². The van der Waals surface area contributed by atoms with Crippen LogP contribution in [0.5, 0.6) is 5.75 Å². The molecule has 0 radical (unpaired) electrons. The van der Waals surface area contributed by atoms with E-state index in [1.54, 1.807) is 13.0 Å². The highest BCUT2D eigenvalue weighted by molar-refractivity contribution is 6.33. The lowest BCUT2D eigenvalue weighted by Crippen LogP contribution is -2.21. The van der Waals surface area contributed by atoms with Crippen LogP contribution in [0.15, 0.2) is 18.2 Å². The fraction of sp³-hybridized carbons (Fsp3) is 0.143. The van der Waals surface area contributed by atoms with Crippen molar-refractivity contribution in [3.63, 3.8) is 0 Å². The zero-order chi connectivity index (χ0) is 9.14. The van der Waals surface area contributed by atoms with Gasteiger partial charge in [-0.1, -0.05) is 6.07 Å². The Morgan fingerprint density at radius 2 is 2.08 bits per heavy atom. The molecule has 64 valence electrons.